The second-order valence-corrected chi connectivity index (χ2v) is 4.18. The van der Waals surface area contributed by atoms with Crippen molar-refractivity contribution in [3.8, 4) is 0 Å². The van der Waals surface area contributed by atoms with Crippen molar-refractivity contribution < 1.29 is 14.3 Å². The molecular formula is C10H17N3O3. The summed E-state index contributed by atoms with van der Waals surface area (Å²) in [7, 11) is 0. The van der Waals surface area contributed by atoms with Crippen molar-refractivity contribution in [2.45, 2.75) is 13.0 Å². The van der Waals surface area contributed by atoms with Crippen LogP contribution in [0.1, 0.15) is 6.92 Å². The van der Waals surface area contributed by atoms with E-state index >= 15 is 0 Å². The SMILES string of the molecule is CC1CNCCN1CC(=O)N1CCOC1=O. The predicted octanol–water partition coefficient (Wildman–Crippen LogP) is -0.741. The van der Waals surface area contributed by atoms with E-state index in [2.05, 4.69) is 17.1 Å². The van der Waals surface area contributed by atoms with Crippen molar-refractivity contribution in [1.29, 1.82) is 0 Å². The zero-order valence-corrected chi connectivity index (χ0v) is 9.44. The molecule has 0 aromatic carbocycles. The Balaban J connectivity index is 1.88. The molecule has 0 spiro atoms. The summed E-state index contributed by atoms with van der Waals surface area (Å²) < 4.78 is 4.74. The second-order valence-electron chi connectivity index (χ2n) is 4.18. The molecular weight excluding hydrogens is 210 g/mol. The van der Waals surface area contributed by atoms with Crippen molar-refractivity contribution in [1.82, 2.24) is 15.1 Å². The molecule has 2 heterocycles. The predicted molar refractivity (Wildman–Crippen MR) is 57.0 cm³/mol. The van der Waals surface area contributed by atoms with E-state index in [1.54, 1.807) is 0 Å². The van der Waals surface area contributed by atoms with Crippen molar-refractivity contribution >= 4 is 12.0 Å². The summed E-state index contributed by atoms with van der Waals surface area (Å²) in [5, 5.41) is 3.26. The lowest BCUT2D eigenvalue weighted by Crippen LogP contribution is -2.53. The lowest BCUT2D eigenvalue weighted by Gasteiger charge is -2.33. The van der Waals surface area contributed by atoms with Crippen LogP contribution in [-0.4, -0.2) is 67.2 Å². The Kier molecular flexibility index (Phi) is 3.40. The van der Waals surface area contributed by atoms with Gasteiger partial charge in [0.05, 0.1) is 13.1 Å². The molecule has 2 fully saturated rings. The van der Waals surface area contributed by atoms with Crippen LogP contribution in [0.4, 0.5) is 4.79 Å². The Labute approximate surface area is 94.5 Å². The molecule has 6 heteroatoms. The molecule has 0 radical (unpaired) electrons. The highest BCUT2D eigenvalue weighted by Crippen LogP contribution is 2.07. The van der Waals surface area contributed by atoms with Crippen LogP contribution in [0.25, 0.3) is 0 Å². The number of hydrogen-bond donors (Lipinski definition) is 1. The normalized spacial score (nSPS) is 26.9. The summed E-state index contributed by atoms with van der Waals surface area (Å²) in [6.07, 6.45) is -0.507. The molecule has 0 bridgehead atoms. The molecule has 2 saturated heterocycles. The molecule has 16 heavy (non-hydrogen) atoms. The molecule has 0 aromatic heterocycles. The molecule has 6 nitrogen and oxygen atoms in total. The zero-order chi connectivity index (χ0) is 11.5. The van der Waals surface area contributed by atoms with Crippen LogP contribution >= 0.6 is 0 Å². The van der Waals surface area contributed by atoms with Crippen molar-refractivity contribution in [3.63, 3.8) is 0 Å². The molecule has 1 atom stereocenters. The van der Waals surface area contributed by atoms with E-state index in [0.717, 1.165) is 19.6 Å². The third-order valence-electron chi connectivity index (χ3n) is 3.04. The minimum absolute atomic E-state index is 0.156. The fourth-order valence-corrected chi connectivity index (χ4v) is 2.00. The number of piperazine rings is 1. The van der Waals surface area contributed by atoms with Gasteiger partial charge in [0.15, 0.2) is 0 Å². The molecule has 2 amide bonds. The van der Waals surface area contributed by atoms with Gasteiger partial charge in [-0.3, -0.25) is 9.69 Å². The maximum absolute atomic E-state index is 11.8. The van der Waals surface area contributed by atoms with E-state index in [9.17, 15) is 9.59 Å². The van der Waals surface area contributed by atoms with Gasteiger partial charge < -0.3 is 10.1 Å². The number of nitrogens with one attached hydrogen (secondary N) is 1. The van der Waals surface area contributed by atoms with Gasteiger partial charge in [0.1, 0.15) is 6.61 Å². The molecule has 0 saturated carbocycles. The van der Waals surface area contributed by atoms with Crippen LogP contribution < -0.4 is 5.32 Å². The highest BCUT2D eigenvalue weighted by Gasteiger charge is 2.30. The Bertz CT molecular complexity index is 295. The number of carbonyl (C=O) groups excluding carboxylic acids is 2. The lowest BCUT2D eigenvalue weighted by molar-refractivity contribution is -0.129. The molecule has 90 valence electrons. The van der Waals surface area contributed by atoms with Crippen LogP contribution in [0.3, 0.4) is 0 Å². The molecule has 0 aliphatic carbocycles. The summed E-state index contributed by atoms with van der Waals surface area (Å²) >= 11 is 0. The average Bonchev–Trinajstić information content (AvgIpc) is 2.68. The number of hydrogen-bond acceptors (Lipinski definition) is 5. The number of amides is 2. The zero-order valence-electron chi connectivity index (χ0n) is 9.44. The van der Waals surface area contributed by atoms with Gasteiger partial charge >= 0.3 is 6.09 Å². The van der Waals surface area contributed by atoms with Crippen molar-refractivity contribution in [3.05, 3.63) is 0 Å². The first kappa shape index (κ1) is 11.3. The Hall–Kier alpha value is -1.14. The number of rotatable bonds is 2. The van der Waals surface area contributed by atoms with Crippen molar-refractivity contribution in [2.24, 2.45) is 0 Å². The molecule has 1 unspecified atom stereocenters. The number of nitrogens with zero attached hydrogens (tertiary/aromatic N) is 2. The fourth-order valence-electron chi connectivity index (χ4n) is 2.00. The van der Waals surface area contributed by atoms with Crippen LogP contribution in [0.5, 0.6) is 0 Å². The van der Waals surface area contributed by atoms with Crippen LogP contribution in [0.15, 0.2) is 0 Å². The van der Waals surface area contributed by atoms with Gasteiger partial charge in [-0.2, -0.15) is 0 Å². The van der Waals surface area contributed by atoms with Crippen LogP contribution in [-0.2, 0) is 9.53 Å². The summed E-state index contributed by atoms with van der Waals surface area (Å²) in [6, 6.07) is 0.330. The topological polar surface area (TPSA) is 61.9 Å². The van der Waals surface area contributed by atoms with Crippen LogP contribution in [0, 0.1) is 0 Å². The highest BCUT2D eigenvalue weighted by molar-refractivity contribution is 5.94. The molecule has 2 rings (SSSR count). The highest BCUT2D eigenvalue weighted by atomic mass is 16.6. The maximum Gasteiger partial charge on any atom is 0.416 e. The average molecular weight is 227 g/mol. The first-order valence-electron chi connectivity index (χ1n) is 5.60. The van der Waals surface area contributed by atoms with E-state index in [0.29, 0.717) is 25.7 Å². The fraction of sp³-hybridized carbons (Fsp3) is 0.800. The minimum Gasteiger partial charge on any atom is -0.447 e. The quantitative estimate of drug-likeness (QED) is 0.673. The number of cyclic esters (lactones) is 1. The summed E-state index contributed by atoms with van der Waals surface area (Å²) in [6.45, 7) is 5.70. The largest absolute Gasteiger partial charge is 0.447 e. The van der Waals surface area contributed by atoms with E-state index in [1.165, 1.54) is 4.90 Å². The molecule has 1 N–H and O–H groups in total. The standard InChI is InChI=1S/C10H17N3O3/c1-8-6-11-2-3-12(8)7-9(14)13-4-5-16-10(13)15/h8,11H,2-7H2,1H3. The van der Waals surface area contributed by atoms with E-state index < -0.39 is 6.09 Å². The Morgan fingerprint density at radius 3 is 3.00 bits per heavy atom. The number of carbonyl (C=O) groups is 2. The monoisotopic (exact) mass is 227 g/mol. The van der Waals surface area contributed by atoms with Gasteiger partial charge in [0, 0.05) is 25.7 Å². The Morgan fingerprint density at radius 2 is 2.38 bits per heavy atom. The minimum atomic E-state index is -0.507. The van der Waals surface area contributed by atoms with Gasteiger partial charge in [-0.15, -0.1) is 0 Å². The third kappa shape index (κ3) is 2.33. The maximum atomic E-state index is 11.8. The number of ether oxygens (including phenoxy) is 1. The molecule has 2 aliphatic rings. The molecule has 2 aliphatic heterocycles. The first-order valence-corrected chi connectivity index (χ1v) is 5.60. The third-order valence-corrected chi connectivity index (χ3v) is 3.04. The van der Waals surface area contributed by atoms with Gasteiger partial charge in [-0.25, -0.2) is 9.69 Å². The van der Waals surface area contributed by atoms with Gasteiger partial charge in [0.25, 0.3) is 0 Å². The summed E-state index contributed by atoms with van der Waals surface area (Å²) in [5.41, 5.74) is 0. The van der Waals surface area contributed by atoms with E-state index in [4.69, 9.17) is 4.74 Å². The van der Waals surface area contributed by atoms with Crippen molar-refractivity contribution in [2.75, 3.05) is 39.3 Å². The smallest absolute Gasteiger partial charge is 0.416 e. The summed E-state index contributed by atoms with van der Waals surface area (Å²) in [4.78, 5) is 26.3. The van der Waals surface area contributed by atoms with Gasteiger partial charge in [0.2, 0.25) is 5.91 Å². The van der Waals surface area contributed by atoms with E-state index in [1.807, 2.05) is 0 Å². The van der Waals surface area contributed by atoms with Gasteiger partial charge in [-0.05, 0) is 6.92 Å². The molecule has 0 aromatic rings. The summed E-state index contributed by atoms with van der Waals surface area (Å²) in [5.74, 6) is -0.156. The first-order chi connectivity index (χ1) is 7.68. The van der Waals surface area contributed by atoms with Crippen LogP contribution in [0.2, 0.25) is 0 Å². The van der Waals surface area contributed by atoms with Gasteiger partial charge in [-0.1, -0.05) is 0 Å². The lowest BCUT2D eigenvalue weighted by atomic mass is 10.2. The van der Waals surface area contributed by atoms with E-state index in [-0.39, 0.29) is 5.91 Å². The number of imide groups is 1. The second kappa shape index (κ2) is 4.80. The Morgan fingerprint density at radius 1 is 1.56 bits per heavy atom.